The van der Waals surface area contributed by atoms with Crippen molar-refractivity contribution in [3.8, 4) is 0 Å². The van der Waals surface area contributed by atoms with E-state index in [1.54, 1.807) is 30.3 Å². The van der Waals surface area contributed by atoms with Crippen LogP contribution in [-0.2, 0) is 36.5 Å². The number of likely N-dealkylation sites (tertiary alicyclic amines) is 1. The summed E-state index contributed by atoms with van der Waals surface area (Å²) in [6, 6.07) is 9.81. The molecule has 0 spiro atoms. The molecule has 4 rings (SSSR count). The molecule has 0 aromatic heterocycles. The van der Waals surface area contributed by atoms with Crippen LogP contribution in [0.15, 0.2) is 60.7 Å². The number of allylic oxidation sites excluding steroid dienone is 2. The number of esters is 1. The summed E-state index contributed by atoms with van der Waals surface area (Å²) in [5.41, 5.74) is -0.660. The summed E-state index contributed by atoms with van der Waals surface area (Å²) in [4.78, 5) is 52.6. The number of nitrogens with one attached hydrogen (secondary N) is 1. The van der Waals surface area contributed by atoms with Crippen molar-refractivity contribution >= 4 is 41.0 Å². The SMILES string of the molecule is O=C(COC(=O)[C@H](Cc1ccccc1)N1C(=O)[C@@H]2CC=CC[C@H]2C1=O)Nc1cc(C(F)(F)F)ccc1Cl. The molecular weight excluding hydrogens is 513 g/mol. The van der Waals surface area contributed by atoms with E-state index in [-0.39, 0.29) is 17.1 Å². The van der Waals surface area contributed by atoms with Gasteiger partial charge in [-0.3, -0.25) is 19.3 Å². The second-order valence-electron chi connectivity index (χ2n) is 8.76. The van der Waals surface area contributed by atoms with Crippen molar-refractivity contribution in [2.75, 3.05) is 11.9 Å². The zero-order valence-corrected chi connectivity index (χ0v) is 20.1. The van der Waals surface area contributed by atoms with Gasteiger partial charge in [0, 0.05) is 6.42 Å². The molecule has 11 heteroatoms. The van der Waals surface area contributed by atoms with Gasteiger partial charge in [-0.1, -0.05) is 54.1 Å². The standard InChI is InChI=1S/C26H22ClF3N2O5/c27-19-11-10-16(26(28,29)30)13-20(19)31-22(33)14-37-25(36)21(12-15-6-2-1-3-7-15)32-23(34)17-8-4-5-9-18(17)24(32)35/h1-7,10-11,13,17-18,21H,8-9,12,14H2,(H,31,33)/t17-,18-,21+/m1/s1. The lowest BCUT2D eigenvalue weighted by molar-refractivity contribution is -0.160. The zero-order chi connectivity index (χ0) is 26.7. The molecule has 0 saturated carbocycles. The number of carbonyl (C=O) groups excluding carboxylic acids is 4. The molecule has 0 unspecified atom stereocenters. The molecule has 3 amide bonds. The Morgan fingerprint density at radius 1 is 1.03 bits per heavy atom. The first kappa shape index (κ1) is 26.4. The lowest BCUT2D eigenvalue weighted by Crippen LogP contribution is -2.48. The van der Waals surface area contributed by atoms with E-state index in [0.717, 1.165) is 17.0 Å². The number of halogens is 4. The average Bonchev–Trinajstić information content (AvgIpc) is 3.12. The molecule has 1 aliphatic heterocycles. The van der Waals surface area contributed by atoms with Crippen molar-refractivity contribution < 1.29 is 37.1 Å². The van der Waals surface area contributed by atoms with Gasteiger partial charge in [-0.2, -0.15) is 13.2 Å². The van der Waals surface area contributed by atoms with Gasteiger partial charge in [0.05, 0.1) is 28.1 Å². The molecule has 1 fully saturated rings. The van der Waals surface area contributed by atoms with Crippen LogP contribution in [0.3, 0.4) is 0 Å². The number of hydrogen-bond acceptors (Lipinski definition) is 5. The number of ether oxygens (including phenoxy) is 1. The lowest BCUT2D eigenvalue weighted by Gasteiger charge is -2.25. The number of anilines is 1. The zero-order valence-electron chi connectivity index (χ0n) is 19.3. The minimum absolute atomic E-state index is 0.0227. The maximum absolute atomic E-state index is 13.1. The van der Waals surface area contributed by atoms with Crippen molar-refractivity contribution in [2.24, 2.45) is 11.8 Å². The number of nitrogens with zero attached hydrogens (tertiary/aromatic N) is 1. The summed E-state index contributed by atoms with van der Waals surface area (Å²) >= 11 is 5.90. The van der Waals surface area contributed by atoms with Gasteiger partial charge in [0.25, 0.3) is 5.91 Å². The highest BCUT2D eigenvalue weighted by Gasteiger charge is 2.51. The highest BCUT2D eigenvalue weighted by atomic mass is 35.5. The van der Waals surface area contributed by atoms with Crippen LogP contribution >= 0.6 is 11.6 Å². The van der Waals surface area contributed by atoms with Gasteiger partial charge in [0.2, 0.25) is 11.8 Å². The molecule has 1 N–H and O–H groups in total. The van der Waals surface area contributed by atoms with Crippen LogP contribution < -0.4 is 5.32 Å². The molecule has 7 nitrogen and oxygen atoms in total. The maximum Gasteiger partial charge on any atom is 0.416 e. The van der Waals surface area contributed by atoms with E-state index in [9.17, 15) is 32.3 Å². The second kappa shape index (κ2) is 10.8. The van der Waals surface area contributed by atoms with E-state index < -0.39 is 59.9 Å². The maximum atomic E-state index is 13.1. The van der Waals surface area contributed by atoms with Crippen LogP contribution in [0.2, 0.25) is 5.02 Å². The topological polar surface area (TPSA) is 92.8 Å². The predicted octanol–water partition coefficient (Wildman–Crippen LogP) is 4.40. The van der Waals surface area contributed by atoms with Crippen LogP contribution in [0.1, 0.15) is 24.0 Å². The Labute approximate surface area is 215 Å². The molecule has 194 valence electrons. The average molecular weight is 535 g/mol. The van der Waals surface area contributed by atoms with Crippen molar-refractivity contribution in [3.05, 3.63) is 76.8 Å². The van der Waals surface area contributed by atoms with E-state index >= 15 is 0 Å². The number of alkyl halides is 3. The smallest absolute Gasteiger partial charge is 0.416 e. The Hall–Kier alpha value is -3.66. The Morgan fingerprint density at radius 2 is 1.65 bits per heavy atom. The summed E-state index contributed by atoms with van der Waals surface area (Å²) in [7, 11) is 0. The molecule has 2 aliphatic rings. The van der Waals surface area contributed by atoms with Gasteiger partial charge in [-0.15, -0.1) is 0 Å². The third-order valence-corrected chi connectivity index (χ3v) is 6.64. The third-order valence-electron chi connectivity index (χ3n) is 6.31. The van der Waals surface area contributed by atoms with Gasteiger partial charge in [-0.05, 0) is 36.6 Å². The number of imide groups is 1. The quantitative estimate of drug-likeness (QED) is 0.323. The molecule has 2 aromatic carbocycles. The van der Waals surface area contributed by atoms with E-state index in [1.807, 2.05) is 12.2 Å². The number of fused-ring (bicyclic) bond motifs is 1. The monoisotopic (exact) mass is 534 g/mol. The van der Waals surface area contributed by atoms with Crippen molar-refractivity contribution in [1.82, 2.24) is 4.90 Å². The van der Waals surface area contributed by atoms with E-state index in [0.29, 0.717) is 24.5 Å². The number of amides is 3. The van der Waals surface area contributed by atoms with Crippen LogP contribution in [0.5, 0.6) is 0 Å². The Morgan fingerprint density at radius 3 is 2.24 bits per heavy atom. The minimum atomic E-state index is -4.65. The molecule has 37 heavy (non-hydrogen) atoms. The highest BCUT2D eigenvalue weighted by molar-refractivity contribution is 6.33. The normalized spacial score (nSPS) is 19.9. The first-order chi connectivity index (χ1) is 17.6. The molecule has 3 atom stereocenters. The predicted molar refractivity (Wildman–Crippen MR) is 127 cm³/mol. The minimum Gasteiger partial charge on any atom is -0.454 e. The first-order valence-electron chi connectivity index (χ1n) is 11.5. The van der Waals surface area contributed by atoms with Crippen LogP contribution in [0.4, 0.5) is 18.9 Å². The molecule has 0 bridgehead atoms. The molecule has 2 aromatic rings. The lowest BCUT2D eigenvalue weighted by atomic mass is 9.85. The fourth-order valence-electron chi connectivity index (χ4n) is 4.47. The number of rotatable bonds is 7. The van der Waals surface area contributed by atoms with E-state index in [2.05, 4.69) is 5.32 Å². The van der Waals surface area contributed by atoms with Gasteiger partial charge >= 0.3 is 12.1 Å². The van der Waals surface area contributed by atoms with Crippen molar-refractivity contribution in [3.63, 3.8) is 0 Å². The Bertz CT molecular complexity index is 1220. The fourth-order valence-corrected chi connectivity index (χ4v) is 4.63. The van der Waals surface area contributed by atoms with Crippen molar-refractivity contribution in [1.29, 1.82) is 0 Å². The summed E-state index contributed by atoms with van der Waals surface area (Å²) in [6.07, 6.45) is -0.251. The second-order valence-corrected chi connectivity index (χ2v) is 9.16. The van der Waals surface area contributed by atoms with Crippen molar-refractivity contribution in [2.45, 2.75) is 31.5 Å². The van der Waals surface area contributed by atoms with Gasteiger partial charge in [-0.25, -0.2) is 4.79 Å². The number of hydrogen-bond donors (Lipinski definition) is 1. The number of carbonyl (C=O) groups is 4. The van der Waals surface area contributed by atoms with E-state index in [1.165, 1.54) is 0 Å². The van der Waals surface area contributed by atoms with Gasteiger partial charge < -0.3 is 10.1 Å². The molecule has 1 saturated heterocycles. The Kier molecular flexibility index (Phi) is 7.68. The van der Waals surface area contributed by atoms with E-state index in [4.69, 9.17) is 16.3 Å². The summed E-state index contributed by atoms with van der Waals surface area (Å²) in [6.45, 7) is -0.860. The molecule has 1 aliphatic carbocycles. The highest BCUT2D eigenvalue weighted by Crippen LogP contribution is 2.37. The first-order valence-corrected chi connectivity index (χ1v) is 11.8. The van der Waals surface area contributed by atoms with Crippen LogP contribution in [0, 0.1) is 11.8 Å². The molecule has 0 radical (unpaired) electrons. The molecular formula is C26H22ClF3N2O5. The van der Waals surface area contributed by atoms with Crippen LogP contribution in [0.25, 0.3) is 0 Å². The van der Waals surface area contributed by atoms with Gasteiger partial charge in [0.15, 0.2) is 6.61 Å². The Balaban J connectivity index is 1.48. The summed E-state index contributed by atoms with van der Waals surface area (Å²) < 4.78 is 44.1. The third kappa shape index (κ3) is 5.85. The number of benzene rings is 2. The summed E-state index contributed by atoms with van der Waals surface area (Å²) in [5, 5.41) is 2.05. The van der Waals surface area contributed by atoms with Gasteiger partial charge in [0.1, 0.15) is 6.04 Å². The summed E-state index contributed by atoms with van der Waals surface area (Å²) in [5.74, 6) is -3.99. The fraction of sp³-hybridized carbons (Fsp3) is 0.308. The largest absolute Gasteiger partial charge is 0.454 e. The van der Waals surface area contributed by atoms with Crippen LogP contribution in [-0.4, -0.2) is 41.2 Å². The molecule has 1 heterocycles.